The molecule has 0 amide bonds. The Morgan fingerprint density at radius 2 is 1.72 bits per heavy atom. The number of nitrogens with zero attached hydrogens (tertiary/aromatic N) is 2. The van der Waals surface area contributed by atoms with Gasteiger partial charge in [0, 0.05) is 15.6 Å². The van der Waals surface area contributed by atoms with Gasteiger partial charge in [-0.3, -0.25) is 9.36 Å². The molecule has 0 bridgehead atoms. The minimum atomic E-state index is -0.790. The largest absolute Gasteiger partial charge is 0.493 e. The van der Waals surface area contributed by atoms with E-state index in [9.17, 15) is 9.59 Å². The fourth-order valence-electron chi connectivity index (χ4n) is 5.23. The monoisotopic (exact) mass is 670 g/mol. The molecule has 4 aromatic carbocycles. The Balaban J connectivity index is 1.47. The van der Waals surface area contributed by atoms with Gasteiger partial charge in [0.25, 0.3) is 5.56 Å². The number of esters is 1. The summed E-state index contributed by atoms with van der Waals surface area (Å²) in [6, 6.07) is 28.6. The summed E-state index contributed by atoms with van der Waals surface area (Å²) in [6.45, 7) is 2.23. The van der Waals surface area contributed by atoms with Gasteiger partial charge < -0.3 is 14.2 Å². The lowest BCUT2D eigenvalue weighted by atomic mass is 9.93. The number of fused-ring (bicyclic) bond motifs is 1. The Kier molecular flexibility index (Phi) is 9.40. The Labute approximate surface area is 279 Å². The number of aromatic nitrogens is 1. The van der Waals surface area contributed by atoms with Crippen LogP contribution in [0.15, 0.2) is 112 Å². The van der Waals surface area contributed by atoms with E-state index < -0.39 is 12.0 Å². The number of hydrogen-bond acceptors (Lipinski definition) is 7. The van der Waals surface area contributed by atoms with Crippen LogP contribution < -0.4 is 24.4 Å². The average molecular weight is 672 g/mol. The van der Waals surface area contributed by atoms with Crippen LogP contribution in [0.3, 0.4) is 0 Å². The third-order valence-corrected chi connectivity index (χ3v) is 8.80. The van der Waals surface area contributed by atoms with Gasteiger partial charge in [-0.05, 0) is 66.1 Å². The molecule has 0 radical (unpaired) electrons. The van der Waals surface area contributed by atoms with Gasteiger partial charge in [-0.1, -0.05) is 95.2 Å². The third-order valence-electron chi connectivity index (χ3n) is 7.33. The Bertz CT molecular complexity index is 2120. The molecule has 0 fully saturated rings. The molecule has 0 aliphatic carbocycles. The van der Waals surface area contributed by atoms with Gasteiger partial charge in [0.05, 0.1) is 35.6 Å². The molecular weight excluding hydrogens is 643 g/mol. The molecule has 2 heterocycles. The molecule has 232 valence electrons. The van der Waals surface area contributed by atoms with E-state index in [-0.39, 0.29) is 17.7 Å². The van der Waals surface area contributed by atoms with Gasteiger partial charge >= 0.3 is 5.97 Å². The molecule has 1 aliphatic heterocycles. The standard InChI is InChI=1S/C36H28Cl2N2O5S/c1-3-44-35(42)31-32(24-9-5-4-6-10-24)39-36-40(33(31)25-13-15-26(37)16-14-25)34(41)30(46-36)20-22-12-17-28(29(19-22)43-2)45-21-23-8-7-11-27(38)18-23/h4-20,33H,3,21H2,1-2H3/b30-20-/t33-/m0/s1. The molecule has 0 unspecified atom stereocenters. The molecule has 6 rings (SSSR count). The predicted octanol–water partition coefficient (Wildman–Crippen LogP) is 6.83. The number of ether oxygens (including phenoxy) is 3. The smallest absolute Gasteiger partial charge is 0.338 e. The van der Waals surface area contributed by atoms with Crippen LogP contribution in [0.25, 0.3) is 11.8 Å². The minimum Gasteiger partial charge on any atom is -0.493 e. The van der Waals surface area contributed by atoms with Crippen LogP contribution in [0.5, 0.6) is 11.5 Å². The second kappa shape index (κ2) is 13.8. The van der Waals surface area contributed by atoms with E-state index in [4.69, 9.17) is 42.4 Å². The van der Waals surface area contributed by atoms with E-state index >= 15 is 0 Å². The fourth-order valence-corrected chi connectivity index (χ4v) is 6.57. The molecule has 7 nitrogen and oxygen atoms in total. The second-order valence-corrected chi connectivity index (χ2v) is 12.2. The van der Waals surface area contributed by atoms with E-state index in [2.05, 4.69) is 0 Å². The van der Waals surface area contributed by atoms with Crippen molar-refractivity contribution in [2.75, 3.05) is 13.7 Å². The van der Waals surface area contributed by atoms with Gasteiger partial charge in [0.2, 0.25) is 0 Å². The molecule has 1 atom stereocenters. The van der Waals surface area contributed by atoms with Crippen LogP contribution in [0, 0.1) is 0 Å². The van der Waals surface area contributed by atoms with Crippen molar-refractivity contribution in [2.24, 2.45) is 4.99 Å². The number of methoxy groups -OCH3 is 1. The van der Waals surface area contributed by atoms with Gasteiger partial charge in [0.1, 0.15) is 6.61 Å². The third kappa shape index (κ3) is 6.51. The number of halogens is 2. The SMILES string of the molecule is CCOC(=O)C1=C(c2ccccc2)N=c2s/c(=C\c3ccc(OCc4cccc(Cl)c4)c(OC)c3)c(=O)n2[C@H]1c1ccc(Cl)cc1. The van der Waals surface area contributed by atoms with E-state index in [1.54, 1.807) is 42.9 Å². The minimum absolute atomic E-state index is 0.169. The first kappa shape index (κ1) is 31.4. The maximum absolute atomic E-state index is 14.2. The maximum Gasteiger partial charge on any atom is 0.338 e. The summed E-state index contributed by atoms with van der Waals surface area (Å²) in [4.78, 5) is 33.1. The van der Waals surface area contributed by atoms with Crippen LogP contribution >= 0.6 is 34.5 Å². The van der Waals surface area contributed by atoms with Gasteiger partial charge in [-0.2, -0.15) is 0 Å². The summed E-state index contributed by atoms with van der Waals surface area (Å²) >= 11 is 13.6. The van der Waals surface area contributed by atoms with Gasteiger partial charge in [0.15, 0.2) is 16.3 Å². The number of rotatable bonds is 9. The van der Waals surface area contributed by atoms with Crippen LogP contribution in [0.4, 0.5) is 0 Å². The first-order valence-corrected chi connectivity index (χ1v) is 16.0. The zero-order valence-electron chi connectivity index (χ0n) is 24.9. The highest BCUT2D eigenvalue weighted by molar-refractivity contribution is 7.07. The van der Waals surface area contributed by atoms with Crippen molar-refractivity contribution in [1.29, 1.82) is 0 Å². The molecule has 0 N–H and O–H groups in total. The molecule has 46 heavy (non-hydrogen) atoms. The van der Waals surface area contributed by atoms with Crippen LogP contribution in [0.1, 0.15) is 35.2 Å². The number of hydrogen-bond donors (Lipinski definition) is 0. The molecule has 5 aromatic rings. The summed E-state index contributed by atoms with van der Waals surface area (Å²) in [5.74, 6) is 0.520. The van der Waals surface area contributed by atoms with Crippen molar-refractivity contribution in [2.45, 2.75) is 19.6 Å². The highest BCUT2D eigenvalue weighted by Crippen LogP contribution is 2.35. The first-order chi connectivity index (χ1) is 22.4. The molecule has 0 spiro atoms. The number of carbonyl (C=O) groups is 1. The molecule has 10 heteroatoms. The second-order valence-electron chi connectivity index (χ2n) is 10.3. The van der Waals surface area contributed by atoms with E-state index in [0.29, 0.717) is 48.7 Å². The van der Waals surface area contributed by atoms with Crippen molar-refractivity contribution >= 4 is 52.3 Å². The summed E-state index contributed by atoms with van der Waals surface area (Å²) < 4.78 is 19.1. The zero-order valence-corrected chi connectivity index (χ0v) is 27.2. The summed E-state index contributed by atoms with van der Waals surface area (Å²) in [7, 11) is 1.56. The van der Waals surface area contributed by atoms with Crippen molar-refractivity contribution in [3.05, 3.63) is 155 Å². The normalized spacial score (nSPS) is 14.4. The molecule has 1 aromatic heterocycles. The quantitative estimate of drug-likeness (QED) is 0.161. The Hall–Kier alpha value is -4.63. The van der Waals surface area contributed by atoms with Crippen molar-refractivity contribution in [3.8, 4) is 11.5 Å². The summed E-state index contributed by atoms with van der Waals surface area (Å²) in [5, 5.41) is 1.17. The molecule has 0 saturated carbocycles. The van der Waals surface area contributed by atoms with E-state index in [1.807, 2.05) is 78.9 Å². The zero-order chi connectivity index (χ0) is 32.2. The van der Waals surface area contributed by atoms with Crippen LogP contribution in [0.2, 0.25) is 10.0 Å². The highest BCUT2D eigenvalue weighted by atomic mass is 35.5. The summed E-state index contributed by atoms with van der Waals surface area (Å²) in [6.07, 6.45) is 1.78. The van der Waals surface area contributed by atoms with Gasteiger partial charge in [-0.15, -0.1) is 0 Å². The molecule has 0 saturated heterocycles. The van der Waals surface area contributed by atoms with Crippen molar-refractivity contribution < 1.29 is 19.0 Å². The maximum atomic E-state index is 14.2. The average Bonchev–Trinajstić information content (AvgIpc) is 3.38. The Morgan fingerprint density at radius 3 is 2.43 bits per heavy atom. The highest BCUT2D eigenvalue weighted by Gasteiger charge is 2.35. The lowest BCUT2D eigenvalue weighted by Gasteiger charge is -2.25. The topological polar surface area (TPSA) is 79.1 Å². The van der Waals surface area contributed by atoms with Gasteiger partial charge in [-0.25, -0.2) is 9.79 Å². The number of carbonyl (C=O) groups excluding carboxylic acids is 1. The first-order valence-electron chi connectivity index (χ1n) is 14.5. The number of benzene rings is 4. The lowest BCUT2D eigenvalue weighted by molar-refractivity contribution is -0.138. The van der Waals surface area contributed by atoms with E-state index in [1.165, 1.54) is 11.3 Å². The summed E-state index contributed by atoms with van der Waals surface area (Å²) in [5.41, 5.74) is 3.52. The molecular formula is C36H28Cl2N2O5S. The predicted molar refractivity (Wildman–Crippen MR) is 181 cm³/mol. The Morgan fingerprint density at radius 1 is 0.935 bits per heavy atom. The van der Waals surface area contributed by atoms with Crippen LogP contribution in [-0.2, 0) is 16.1 Å². The lowest BCUT2D eigenvalue weighted by Crippen LogP contribution is -2.40. The number of thiazole rings is 1. The molecule has 1 aliphatic rings. The van der Waals surface area contributed by atoms with Crippen LogP contribution in [-0.4, -0.2) is 24.3 Å². The van der Waals surface area contributed by atoms with Crippen molar-refractivity contribution in [1.82, 2.24) is 4.57 Å². The van der Waals surface area contributed by atoms with Crippen molar-refractivity contribution in [3.63, 3.8) is 0 Å². The fraction of sp³-hybridized carbons (Fsp3) is 0.139. The van der Waals surface area contributed by atoms with E-state index in [0.717, 1.165) is 16.7 Å².